The zero-order chi connectivity index (χ0) is 15.7. The SMILES string of the molecule is O=C(c1ccccc1)c1cnc2c(C(F)(F)F)cccc2c1. The number of alkyl halides is 3. The summed E-state index contributed by atoms with van der Waals surface area (Å²) in [5.74, 6) is -0.271. The number of halogens is 3. The van der Waals surface area contributed by atoms with Gasteiger partial charge in [-0.05, 0) is 12.1 Å². The van der Waals surface area contributed by atoms with Crippen molar-refractivity contribution in [3.63, 3.8) is 0 Å². The van der Waals surface area contributed by atoms with Crippen LogP contribution in [0.2, 0.25) is 0 Å². The Morgan fingerprint density at radius 3 is 2.32 bits per heavy atom. The van der Waals surface area contributed by atoms with Gasteiger partial charge in [0.2, 0.25) is 0 Å². The van der Waals surface area contributed by atoms with Crippen LogP contribution in [0.3, 0.4) is 0 Å². The molecule has 22 heavy (non-hydrogen) atoms. The van der Waals surface area contributed by atoms with Gasteiger partial charge in [-0.3, -0.25) is 9.78 Å². The van der Waals surface area contributed by atoms with E-state index in [-0.39, 0.29) is 22.2 Å². The van der Waals surface area contributed by atoms with E-state index in [0.717, 1.165) is 6.07 Å². The van der Waals surface area contributed by atoms with Crippen molar-refractivity contribution in [2.45, 2.75) is 6.18 Å². The summed E-state index contributed by atoms with van der Waals surface area (Å²) in [4.78, 5) is 16.2. The number of pyridine rings is 1. The van der Waals surface area contributed by atoms with Gasteiger partial charge in [0.1, 0.15) is 0 Å². The molecular formula is C17H10F3NO. The first-order chi connectivity index (χ1) is 10.5. The van der Waals surface area contributed by atoms with Gasteiger partial charge in [0, 0.05) is 22.7 Å². The summed E-state index contributed by atoms with van der Waals surface area (Å²) < 4.78 is 38.8. The quantitative estimate of drug-likeness (QED) is 0.653. The minimum absolute atomic E-state index is 0.153. The van der Waals surface area contributed by atoms with Crippen LogP contribution in [-0.4, -0.2) is 10.8 Å². The van der Waals surface area contributed by atoms with E-state index in [1.807, 2.05) is 0 Å². The Bertz CT molecular complexity index is 841. The molecule has 3 rings (SSSR count). The largest absolute Gasteiger partial charge is 0.418 e. The Kier molecular flexibility index (Phi) is 3.41. The van der Waals surface area contributed by atoms with Gasteiger partial charge in [-0.25, -0.2) is 0 Å². The van der Waals surface area contributed by atoms with Crippen molar-refractivity contribution < 1.29 is 18.0 Å². The fourth-order valence-electron chi connectivity index (χ4n) is 2.27. The Labute approximate surface area is 124 Å². The third-order valence-electron chi connectivity index (χ3n) is 3.31. The van der Waals surface area contributed by atoms with Crippen LogP contribution in [0.1, 0.15) is 21.5 Å². The molecule has 2 nitrogen and oxygen atoms in total. The van der Waals surface area contributed by atoms with E-state index in [9.17, 15) is 18.0 Å². The van der Waals surface area contributed by atoms with E-state index in [1.54, 1.807) is 30.3 Å². The molecule has 0 radical (unpaired) electrons. The van der Waals surface area contributed by atoms with Gasteiger partial charge in [0.25, 0.3) is 0 Å². The van der Waals surface area contributed by atoms with Crippen LogP contribution >= 0.6 is 0 Å². The van der Waals surface area contributed by atoms with Crippen LogP contribution in [0.25, 0.3) is 10.9 Å². The second-order valence-corrected chi connectivity index (χ2v) is 4.79. The lowest BCUT2D eigenvalue weighted by Gasteiger charge is -2.10. The lowest BCUT2D eigenvalue weighted by molar-refractivity contribution is -0.136. The van der Waals surface area contributed by atoms with E-state index in [0.29, 0.717) is 5.56 Å². The molecule has 0 spiro atoms. The molecule has 0 atom stereocenters. The Balaban J connectivity index is 2.10. The van der Waals surface area contributed by atoms with Gasteiger partial charge in [-0.15, -0.1) is 0 Å². The highest BCUT2D eigenvalue weighted by Crippen LogP contribution is 2.33. The van der Waals surface area contributed by atoms with Gasteiger partial charge in [-0.2, -0.15) is 13.2 Å². The van der Waals surface area contributed by atoms with E-state index < -0.39 is 11.7 Å². The van der Waals surface area contributed by atoms with Crippen molar-refractivity contribution in [2.75, 3.05) is 0 Å². The number of para-hydroxylation sites is 1. The normalized spacial score (nSPS) is 11.6. The molecular weight excluding hydrogens is 291 g/mol. The van der Waals surface area contributed by atoms with Crippen LogP contribution in [0.5, 0.6) is 0 Å². The molecule has 0 saturated carbocycles. The summed E-state index contributed by atoms with van der Waals surface area (Å²) in [5.41, 5.74) is -0.225. The molecule has 0 fully saturated rings. The lowest BCUT2D eigenvalue weighted by Crippen LogP contribution is -2.07. The Morgan fingerprint density at radius 1 is 0.909 bits per heavy atom. The molecule has 0 aliphatic rings. The van der Waals surface area contributed by atoms with Crippen LogP contribution in [0.4, 0.5) is 13.2 Å². The summed E-state index contributed by atoms with van der Waals surface area (Å²) >= 11 is 0. The predicted octanol–water partition coefficient (Wildman–Crippen LogP) is 4.48. The van der Waals surface area contributed by atoms with Crippen molar-refractivity contribution in [3.05, 3.63) is 77.5 Å². The average molecular weight is 301 g/mol. The first kappa shape index (κ1) is 14.3. The minimum atomic E-state index is -4.47. The monoisotopic (exact) mass is 301 g/mol. The fraction of sp³-hybridized carbons (Fsp3) is 0.0588. The Morgan fingerprint density at radius 2 is 1.64 bits per heavy atom. The van der Waals surface area contributed by atoms with E-state index in [1.165, 1.54) is 24.4 Å². The number of hydrogen-bond acceptors (Lipinski definition) is 2. The predicted molar refractivity (Wildman–Crippen MR) is 76.6 cm³/mol. The van der Waals surface area contributed by atoms with E-state index in [4.69, 9.17) is 0 Å². The summed E-state index contributed by atoms with van der Waals surface area (Å²) in [5, 5.41) is 0.289. The maximum Gasteiger partial charge on any atom is 0.418 e. The van der Waals surface area contributed by atoms with E-state index in [2.05, 4.69) is 4.98 Å². The smallest absolute Gasteiger partial charge is 0.289 e. The van der Waals surface area contributed by atoms with Gasteiger partial charge < -0.3 is 0 Å². The molecule has 0 saturated heterocycles. The van der Waals surface area contributed by atoms with Crippen molar-refractivity contribution in [1.82, 2.24) is 4.98 Å². The van der Waals surface area contributed by atoms with Crippen LogP contribution in [0, 0.1) is 0 Å². The van der Waals surface area contributed by atoms with Crippen LogP contribution in [0.15, 0.2) is 60.8 Å². The molecule has 0 bridgehead atoms. The summed E-state index contributed by atoms with van der Waals surface area (Å²) in [7, 11) is 0. The van der Waals surface area contributed by atoms with Gasteiger partial charge in [-0.1, -0.05) is 42.5 Å². The minimum Gasteiger partial charge on any atom is -0.289 e. The topological polar surface area (TPSA) is 30.0 Å². The number of nitrogens with zero attached hydrogens (tertiary/aromatic N) is 1. The number of ketones is 1. The summed E-state index contributed by atoms with van der Waals surface area (Å²) in [6, 6.07) is 13.8. The number of rotatable bonds is 2. The number of hydrogen-bond donors (Lipinski definition) is 0. The standard InChI is InChI=1S/C17H10F3NO/c18-17(19,20)14-8-4-7-12-9-13(10-21-15(12)14)16(22)11-5-2-1-3-6-11/h1-10H. The lowest BCUT2D eigenvalue weighted by atomic mass is 10.0. The molecule has 0 N–H and O–H groups in total. The highest BCUT2D eigenvalue weighted by Gasteiger charge is 2.33. The maximum absolute atomic E-state index is 12.9. The number of carbonyl (C=O) groups excluding carboxylic acids is 1. The molecule has 0 aliphatic heterocycles. The first-order valence-electron chi connectivity index (χ1n) is 6.52. The zero-order valence-corrected chi connectivity index (χ0v) is 11.3. The first-order valence-corrected chi connectivity index (χ1v) is 6.52. The maximum atomic E-state index is 12.9. The van der Waals surface area contributed by atoms with Gasteiger partial charge in [0.05, 0.1) is 11.1 Å². The number of carbonyl (C=O) groups is 1. The molecule has 1 aromatic heterocycles. The van der Waals surface area contributed by atoms with Crippen molar-refractivity contribution in [2.24, 2.45) is 0 Å². The Hall–Kier alpha value is -2.69. The second-order valence-electron chi connectivity index (χ2n) is 4.79. The van der Waals surface area contributed by atoms with Gasteiger partial charge in [0.15, 0.2) is 5.78 Å². The van der Waals surface area contributed by atoms with Crippen molar-refractivity contribution in [1.29, 1.82) is 0 Å². The average Bonchev–Trinajstić information content (AvgIpc) is 2.53. The summed E-state index contributed by atoms with van der Waals surface area (Å²) in [6.45, 7) is 0. The summed E-state index contributed by atoms with van der Waals surface area (Å²) in [6.07, 6.45) is -3.29. The number of fused-ring (bicyclic) bond motifs is 1. The van der Waals surface area contributed by atoms with E-state index >= 15 is 0 Å². The molecule has 0 aliphatic carbocycles. The van der Waals surface area contributed by atoms with Gasteiger partial charge >= 0.3 is 6.18 Å². The van der Waals surface area contributed by atoms with Crippen molar-refractivity contribution in [3.8, 4) is 0 Å². The van der Waals surface area contributed by atoms with Crippen LogP contribution < -0.4 is 0 Å². The molecule has 110 valence electrons. The second kappa shape index (κ2) is 5.26. The molecule has 3 aromatic rings. The highest BCUT2D eigenvalue weighted by molar-refractivity contribution is 6.10. The third-order valence-corrected chi connectivity index (χ3v) is 3.31. The van der Waals surface area contributed by atoms with Crippen molar-refractivity contribution >= 4 is 16.7 Å². The fourth-order valence-corrected chi connectivity index (χ4v) is 2.27. The number of aromatic nitrogens is 1. The molecule has 1 heterocycles. The third kappa shape index (κ3) is 2.57. The molecule has 0 unspecified atom stereocenters. The number of benzene rings is 2. The molecule has 5 heteroatoms. The highest BCUT2D eigenvalue weighted by atomic mass is 19.4. The molecule has 2 aromatic carbocycles. The zero-order valence-electron chi connectivity index (χ0n) is 11.3. The van der Waals surface area contributed by atoms with Crippen LogP contribution in [-0.2, 0) is 6.18 Å². The molecule has 0 amide bonds.